The smallest absolute Gasteiger partial charge is 0.326 e. The second-order valence-corrected chi connectivity index (χ2v) is 8.90. The van der Waals surface area contributed by atoms with E-state index in [2.05, 4.69) is 21.3 Å². The van der Waals surface area contributed by atoms with E-state index in [1.807, 2.05) is 36.6 Å². The van der Waals surface area contributed by atoms with Crippen molar-refractivity contribution in [1.82, 2.24) is 16.0 Å². The van der Waals surface area contributed by atoms with Gasteiger partial charge in [0.15, 0.2) is 0 Å². The maximum atomic E-state index is 13.0. The predicted molar refractivity (Wildman–Crippen MR) is 132 cm³/mol. The molecule has 2 aromatic carbocycles. The Morgan fingerprint density at radius 1 is 1.18 bits per heavy atom. The molecule has 1 saturated heterocycles. The van der Waals surface area contributed by atoms with Gasteiger partial charge in [0.25, 0.3) is 5.91 Å². The van der Waals surface area contributed by atoms with Crippen LogP contribution < -0.4 is 21.3 Å². The molecule has 1 fully saturated rings. The van der Waals surface area contributed by atoms with Gasteiger partial charge in [-0.25, -0.2) is 9.59 Å². The molecular formula is C24H28N4O5S. The first-order chi connectivity index (χ1) is 16.4. The number of thioether (sulfide) groups is 1. The highest BCUT2D eigenvalue weighted by atomic mass is 32.2. The van der Waals surface area contributed by atoms with E-state index >= 15 is 0 Å². The number of urea groups is 1. The lowest BCUT2D eigenvalue weighted by molar-refractivity contribution is -0.139. The Hall–Kier alpha value is -3.53. The summed E-state index contributed by atoms with van der Waals surface area (Å²) < 4.78 is 0. The second-order valence-electron chi connectivity index (χ2n) is 7.91. The molecule has 1 aliphatic rings. The van der Waals surface area contributed by atoms with Crippen LogP contribution in [0.3, 0.4) is 0 Å². The molecule has 2 atom stereocenters. The van der Waals surface area contributed by atoms with Gasteiger partial charge < -0.3 is 26.4 Å². The summed E-state index contributed by atoms with van der Waals surface area (Å²) in [6.45, 7) is 0.316. The predicted octanol–water partition coefficient (Wildman–Crippen LogP) is 2.69. The molecule has 0 saturated carbocycles. The summed E-state index contributed by atoms with van der Waals surface area (Å²) >= 11 is 1.51. The first-order valence-corrected chi connectivity index (χ1v) is 12.3. The monoisotopic (exact) mass is 484 g/mol. The summed E-state index contributed by atoms with van der Waals surface area (Å²) in [5.74, 6) is -1.00. The molecule has 0 radical (unpaired) electrons. The minimum atomic E-state index is -1.09. The third-order valence-corrected chi connectivity index (χ3v) is 6.06. The summed E-state index contributed by atoms with van der Waals surface area (Å²) in [4.78, 5) is 48.2. The SMILES string of the molecule is CSCCC(NC(=O)c1ccc(NC(=O)NCC2CCC(=O)N2)cc1-c1ccccc1)C(=O)O. The number of rotatable bonds is 10. The number of amides is 4. The second kappa shape index (κ2) is 12.1. The molecule has 0 aliphatic carbocycles. The van der Waals surface area contributed by atoms with Crippen LogP contribution in [0.15, 0.2) is 48.5 Å². The van der Waals surface area contributed by atoms with Crippen molar-refractivity contribution >= 4 is 41.3 Å². The number of carboxylic acids is 1. The Bertz CT molecular complexity index is 1050. The molecule has 34 heavy (non-hydrogen) atoms. The van der Waals surface area contributed by atoms with E-state index in [-0.39, 0.29) is 11.9 Å². The molecule has 0 aromatic heterocycles. The van der Waals surface area contributed by atoms with Crippen LogP contribution in [0, 0.1) is 0 Å². The van der Waals surface area contributed by atoms with E-state index < -0.39 is 23.9 Å². The van der Waals surface area contributed by atoms with Crippen molar-refractivity contribution in [2.45, 2.75) is 31.3 Å². The van der Waals surface area contributed by atoms with Crippen molar-refractivity contribution in [2.24, 2.45) is 0 Å². The van der Waals surface area contributed by atoms with Crippen LogP contribution in [0.4, 0.5) is 10.5 Å². The Morgan fingerprint density at radius 2 is 1.94 bits per heavy atom. The number of nitrogens with one attached hydrogen (secondary N) is 4. The fourth-order valence-electron chi connectivity index (χ4n) is 3.63. The van der Waals surface area contributed by atoms with Gasteiger partial charge in [0.1, 0.15) is 6.04 Å². The maximum absolute atomic E-state index is 13.0. The number of carbonyl (C=O) groups is 4. The number of hydrogen-bond acceptors (Lipinski definition) is 5. The molecule has 9 nitrogen and oxygen atoms in total. The normalized spacial score (nSPS) is 15.8. The fraction of sp³-hybridized carbons (Fsp3) is 0.333. The zero-order valence-corrected chi connectivity index (χ0v) is 19.6. The molecule has 1 aliphatic heterocycles. The Morgan fingerprint density at radius 3 is 2.59 bits per heavy atom. The molecule has 180 valence electrons. The van der Waals surface area contributed by atoms with Crippen LogP contribution in [-0.4, -0.2) is 59.6 Å². The van der Waals surface area contributed by atoms with E-state index in [4.69, 9.17) is 0 Å². The van der Waals surface area contributed by atoms with Gasteiger partial charge >= 0.3 is 12.0 Å². The van der Waals surface area contributed by atoms with Crippen LogP contribution in [0.25, 0.3) is 11.1 Å². The van der Waals surface area contributed by atoms with Gasteiger partial charge in [-0.2, -0.15) is 11.8 Å². The Labute approximate surface area is 202 Å². The average molecular weight is 485 g/mol. The fourth-order valence-corrected chi connectivity index (χ4v) is 4.10. The van der Waals surface area contributed by atoms with E-state index in [0.717, 1.165) is 5.56 Å². The van der Waals surface area contributed by atoms with Crippen LogP contribution in [-0.2, 0) is 9.59 Å². The highest BCUT2D eigenvalue weighted by Gasteiger charge is 2.23. The molecule has 2 unspecified atom stereocenters. The molecule has 5 N–H and O–H groups in total. The van der Waals surface area contributed by atoms with Crippen molar-refractivity contribution < 1.29 is 24.3 Å². The summed E-state index contributed by atoms with van der Waals surface area (Å²) in [7, 11) is 0. The lowest BCUT2D eigenvalue weighted by Gasteiger charge is -2.17. The lowest BCUT2D eigenvalue weighted by Crippen LogP contribution is -2.41. The third kappa shape index (κ3) is 6.98. The minimum absolute atomic E-state index is 0.0211. The minimum Gasteiger partial charge on any atom is -0.480 e. The molecule has 10 heteroatoms. The van der Waals surface area contributed by atoms with Gasteiger partial charge in [0.05, 0.1) is 0 Å². The standard InChI is InChI=1S/C24H28N4O5S/c1-34-12-11-20(23(31)32)28-22(30)18-9-7-16(13-19(18)15-5-3-2-4-6-15)27-24(33)25-14-17-8-10-21(29)26-17/h2-7,9,13,17,20H,8,10-12,14H2,1H3,(H,26,29)(H,28,30)(H,31,32)(H2,25,27,33). The van der Waals surface area contributed by atoms with Gasteiger partial charge in [-0.1, -0.05) is 30.3 Å². The highest BCUT2D eigenvalue weighted by molar-refractivity contribution is 7.98. The first-order valence-electron chi connectivity index (χ1n) is 10.9. The van der Waals surface area contributed by atoms with Crippen LogP contribution >= 0.6 is 11.8 Å². The zero-order chi connectivity index (χ0) is 24.5. The van der Waals surface area contributed by atoms with Crippen LogP contribution in [0.2, 0.25) is 0 Å². The molecule has 3 rings (SSSR count). The molecular weight excluding hydrogens is 456 g/mol. The molecule has 1 heterocycles. The highest BCUT2D eigenvalue weighted by Crippen LogP contribution is 2.27. The van der Waals surface area contributed by atoms with E-state index in [9.17, 15) is 24.3 Å². The van der Waals surface area contributed by atoms with Crippen LogP contribution in [0.1, 0.15) is 29.6 Å². The van der Waals surface area contributed by atoms with Crippen molar-refractivity contribution in [3.8, 4) is 11.1 Å². The maximum Gasteiger partial charge on any atom is 0.326 e. The first kappa shape index (κ1) is 25.1. The average Bonchev–Trinajstić information content (AvgIpc) is 3.25. The van der Waals surface area contributed by atoms with Gasteiger partial charge in [-0.05, 0) is 54.2 Å². The van der Waals surface area contributed by atoms with Crippen molar-refractivity contribution in [3.63, 3.8) is 0 Å². The number of benzene rings is 2. The number of aliphatic carboxylic acids is 1. The summed E-state index contributed by atoms with van der Waals surface area (Å²) in [6, 6.07) is 12.5. The van der Waals surface area contributed by atoms with E-state index in [0.29, 0.717) is 48.4 Å². The van der Waals surface area contributed by atoms with Crippen molar-refractivity contribution in [3.05, 3.63) is 54.1 Å². The number of carboxylic acid groups (broad SMARTS) is 1. The zero-order valence-electron chi connectivity index (χ0n) is 18.8. The molecule has 0 spiro atoms. The Balaban J connectivity index is 1.76. The quantitative estimate of drug-likeness (QED) is 0.352. The van der Waals surface area contributed by atoms with Crippen molar-refractivity contribution in [1.29, 1.82) is 0 Å². The van der Waals surface area contributed by atoms with Crippen molar-refractivity contribution in [2.75, 3.05) is 23.9 Å². The summed E-state index contributed by atoms with van der Waals surface area (Å²) in [5, 5.41) is 20.4. The third-order valence-electron chi connectivity index (χ3n) is 5.41. The molecule has 4 amide bonds. The van der Waals surface area contributed by atoms with E-state index in [1.54, 1.807) is 18.2 Å². The van der Waals surface area contributed by atoms with Gasteiger partial charge in [-0.15, -0.1) is 0 Å². The van der Waals surface area contributed by atoms with Gasteiger partial charge in [0.2, 0.25) is 5.91 Å². The van der Waals surface area contributed by atoms with Gasteiger partial charge in [0, 0.05) is 30.3 Å². The lowest BCUT2D eigenvalue weighted by atomic mass is 9.98. The summed E-state index contributed by atoms with van der Waals surface area (Å²) in [5.41, 5.74) is 2.09. The number of carbonyl (C=O) groups excluding carboxylic acids is 3. The Kier molecular flexibility index (Phi) is 8.92. The largest absolute Gasteiger partial charge is 0.480 e. The molecule has 0 bridgehead atoms. The number of anilines is 1. The summed E-state index contributed by atoms with van der Waals surface area (Å²) in [6.07, 6.45) is 3.32. The van der Waals surface area contributed by atoms with E-state index in [1.165, 1.54) is 11.8 Å². The van der Waals surface area contributed by atoms with Crippen LogP contribution in [0.5, 0.6) is 0 Å². The topological polar surface area (TPSA) is 137 Å². The number of hydrogen-bond donors (Lipinski definition) is 5. The van der Waals surface area contributed by atoms with Gasteiger partial charge in [-0.3, -0.25) is 9.59 Å². The molecule has 2 aromatic rings.